The Labute approximate surface area is 115 Å². The average molecular weight is 276 g/mol. The van der Waals surface area contributed by atoms with Gasteiger partial charge in [0.25, 0.3) is 5.91 Å². The van der Waals surface area contributed by atoms with Gasteiger partial charge in [-0.25, -0.2) is 4.98 Å². The second-order valence-electron chi connectivity index (χ2n) is 4.36. The summed E-state index contributed by atoms with van der Waals surface area (Å²) in [5, 5.41) is 6.17. The molecule has 0 fully saturated rings. The molecule has 1 amide bonds. The Hall–Kier alpha value is -2.08. The van der Waals surface area contributed by atoms with Crippen LogP contribution in [0.1, 0.15) is 34.0 Å². The maximum absolute atomic E-state index is 11.4. The highest BCUT2D eigenvalue weighted by Crippen LogP contribution is 2.26. The summed E-state index contributed by atoms with van der Waals surface area (Å²) in [6.07, 6.45) is 0. The van der Waals surface area contributed by atoms with Crippen LogP contribution in [0, 0.1) is 6.92 Å². The van der Waals surface area contributed by atoms with Crippen LogP contribution in [0.3, 0.4) is 0 Å². The lowest BCUT2D eigenvalue weighted by Gasteiger charge is -2.15. The average Bonchev–Trinajstić information content (AvgIpc) is 2.75. The van der Waals surface area contributed by atoms with Gasteiger partial charge < -0.3 is 16.8 Å². The zero-order valence-electron chi connectivity index (χ0n) is 10.8. The highest BCUT2D eigenvalue weighted by molar-refractivity contribution is 7.09. The van der Waals surface area contributed by atoms with Gasteiger partial charge in [-0.15, -0.1) is 11.3 Å². The lowest BCUT2D eigenvalue weighted by molar-refractivity contribution is 0.100. The predicted molar refractivity (Wildman–Crippen MR) is 78.3 cm³/mol. The van der Waals surface area contributed by atoms with Crippen molar-refractivity contribution in [2.75, 3.05) is 11.1 Å². The molecule has 0 aliphatic rings. The number of hydrogen-bond donors (Lipinski definition) is 3. The van der Waals surface area contributed by atoms with Crippen LogP contribution in [0.5, 0.6) is 0 Å². The molecular formula is C13H16N4OS. The number of carbonyl (C=O) groups excluding carboxylic acids is 1. The van der Waals surface area contributed by atoms with E-state index in [1.165, 1.54) is 0 Å². The summed E-state index contributed by atoms with van der Waals surface area (Å²) >= 11 is 1.57. The SMILES string of the molecule is Cc1csc(C(C)Nc2cc(N)ccc2C(N)=O)n1. The largest absolute Gasteiger partial charge is 0.399 e. The van der Waals surface area contributed by atoms with E-state index in [4.69, 9.17) is 11.5 Å². The number of amides is 1. The molecule has 0 radical (unpaired) electrons. The van der Waals surface area contributed by atoms with Crippen LogP contribution in [0.25, 0.3) is 0 Å². The maximum Gasteiger partial charge on any atom is 0.250 e. The van der Waals surface area contributed by atoms with Crippen LogP contribution in [0.2, 0.25) is 0 Å². The molecule has 6 heteroatoms. The third kappa shape index (κ3) is 3.03. The number of nitrogens with one attached hydrogen (secondary N) is 1. The van der Waals surface area contributed by atoms with Crippen LogP contribution < -0.4 is 16.8 Å². The lowest BCUT2D eigenvalue weighted by atomic mass is 10.1. The maximum atomic E-state index is 11.4. The number of hydrogen-bond acceptors (Lipinski definition) is 5. The molecule has 0 bridgehead atoms. The molecule has 1 unspecified atom stereocenters. The highest BCUT2D eigenvalue weighted by atomic mass is 32.1. The molecule has 19 heavy (non-hydrogen) atoms. The van der Waals surface area contributed by atoms with E-state index in [0.717, 1.165) is 10.7 Å². The first-order valence-corrected chi connectivity index (χ1v) is 6.73. The molecule has 2 aromatic rings. The van der Waals surface area contributed by atoms with Gasteiger partial charge in [-0.3, -0.25) is 4.79 Å². The van der Waals surface area contributed by atoms with Gasteiger partial charge in [-0.1, -0.05) is 0 Å². The monoisotopic (exact) mass is 276 g/mol. The van der Waals surface area contributed by atoms with E-state index < -0.39 is 5.91 Å². The topological polar surface area (TPSA) is 94.0 Å². The van der Waals surface area contributed by atoms with Gasteiger partial charge in [-0.2, -0.15) is 0 Å². The number of thiazole rings is 1. The Morgan fingerprint density at radius 3 is 2.79 bits per heavy atom. The molecule has 0 spiro atoms. The number of nitrogens with two attached hydrogens (primary N) is 2. The van der Waals surface area contributed by atoms with Crippen molar-refractivity contribution in [3.8, 4) is 0 Å². The van der Waals surface area contributed by atoms with Crippen molar-refractivity contribution in [1.29, 1.82) is 0 Å². The predicted octanol–water partition coefficient (Wildman–Crippen LogP) is 2.31. The minimum Gasteiger partial charge on any atom is -0.399 e. The molecule has 1 aromatic heterocycles. The van der Waals surface area contributed by atoms with Gasteiger partial charge in [0, 0.05) is 22.4 Å². The fourth-order valence-electron chi connectivity index (χ4n) is 1.76. The zero-order chi connectivity index (χ0) is 14.0. The molecule has 1 heterocycles. The molecular weight excluding hydrogens is 260 g/mol. The number of anilines is 2. The standard InChI is InChI=1S/C13H16N4OS/c1-7-6-19-13(16-7)8(2)17-11-5-9(14)3-4-10(11)12(15)18/h3-6,8,17H,14H2,1-2H3,(H2,15,18). The van der Waals surface area contributed by atoms with Gasteiger partial charge >= 0.3 is 0 Å². The third-order valence-electron chi connectivity index (χ3n) is 2.69. The molecule has 1 atom stereocenters. The molecule has 5 nitrogen and oxygen atoms in total. The van der Waals surface area contributed by atoms with Crippen LogP contribution in [0.15, 0.2) is 23.6 Å². The van der Waals surface area contributed by atoms with E-state index in [1.807, 2.05) is 19.2 Å². The zero-order valence-corrected chi connectivity index (χ0v) is 11.6. The Morgan fingerprint density at radius 1 is 1.47 bits per heavy atom. The number of aromatic nitrogens is 1. The van der Waals surface area contributed by atoms with Crippen molar-refractivity contribution >= 4 is 28.6 Å². The summed E-state index contributed by atoms with van der Waals surface area (Å²) in [6.45, 7) is 3.92. The second kappa shape index (κ2) is 5.27. The fraction of sp³-hybridized carbons (Fsp3) is 0.231. The molecule has 5 N–H and O–H groups in total. The molecule has 100 valence electrons. The number of benzene rings is 1. The summed E-state index contributed by atoms with van der Waals surface area (Å²) in [4.78, 5) is 15.8. The minimum absolute atomic E-state index is 0.0152. The van der Waals surface area contributed by atoms with Crippen molar-refractivity contribution in [3.63, 3.8) is 0 Å². The van der Waals surface area contributed by atoms with Gasteiger partial charge in [0.05, 0.1) is 11.6 Å². The summed E-state index contributed by atoms with van der Waals surface area (Å²) in [7, 11) is 0. The van der Waals surface area contributed by atoms with Crippen LogP contribution >= 0.6 is 11.3 Å². The number of primary amides is 1. The summed E-state index contributed by atoms with van der Waals surface area (Å²) in [5.41, 5.74) is 13.7. The molecule has 0 saturated carbocycles. The van der Waals surface area contributed by atoms with E-state index in [-0.39, 0.29) is 6.04 Å². The van der Waals surface area contributed by atoms with E-state index in [1.54, 1.807) is 29.5 Å². The number of aryl methyl sites for hydroxylation is 1. The van der Waals surface area contributed by atoms with Gasteiger partial charge in [0.1, 0.15) is 5.01 Å². The number of carbonyl (C=O) groups is 1. The first-order chi connectivity index (χ1) is 8.97. The number of nitrogens with zero attached hydrogens (tertiary/aromatic N) is 1. The van der Waals surface area contributed by atoms with Crippen LogP contribution in [-0.4, -0.2) is 10.9 Å². The van der Waals surface area contributed by atoms with Gasteiger partial charge in [0.15, 0.2) is 0 Å². The van der Waals surface area contributed by atoms with Crippen LogP contribution in [-0.2, 0) is 0 Å². The van der Waals surface area contributed by atoms with Crippen molar-refractivity contribution in [2.45, 2.75) is 19.9 Å². The van der Waals surface area contributed by atoms with Crippen LogP contribution in [0.4, 0.5) is 11.4 Å². The fourth-order valence-corrected chi connectivity index (χ4v) is 2.57. The summed E-state index contributed by atoms with van der Waals surface area (Å²) in [6, 6.07) is 4.97. The van der Waals surface area contributed by atoms with E-state index in [9.17, 15) is 4.79 Å². The van der Waals surface area contributed by atoms with E-state index in [0.29, 0.717) is 16.9 Å². The normalized spacial score (nSPS) is 12.1. The smallest absolute Gasteiger partial charge is 0.250 e. The Kier molecular flexibility index (Phi) is 3.71. The van der Waals surface area contributed by atoms with E-state index in [2.05, 4.69) is 10.3 Å². The second-order valence-corrected chi connectivity index (χ2v) is 5.25. The quantitative estimate of drug-likeness (QED) is 0.747. The first kappa shape index (κ1) is 13.4. The molecule has 0 aliphatic heterocycles. The van der Waals surface area contributed by atoms with Crippen molar-refractivity contribution in [2.24, 2.45) is 5.73 Å². The summed E-state index contributed by atoms with van der Waals surface area (Å²) < 4.78 is 0. The molecule has 1 aromatic carbocycles. The van der Waals surface area contributed by atoms with Crippen molar-refractivity contribution < 1.29 is 4.79 Å². The Balaban J connectivity index is 2.27. The highest BCUT2D eigenvalue weighted by Gasteiger charge is 2.14. The Bertz CT molecular complexity index is 608. The van der Waals surface area contributed by atoms with Crippen molar-refractivity contribution in [3.05, 3.63) is 39.8 Å². The van der Waals surface area contributed by atoms with Gasteiger partial charge in [-0.05, 0) is 32.0 Å². The van der Waals surface area contributed by atoms with Gasteiger partial charge in [0.2, 0.25) is 0 Å². The first-order valence-electron chi connectivity index (χ1n) is 5.85. The third-order valence-corrected chi connectivity index (χ3v) is 3.83. The number of rotatable bonds is 4. The molecule has 2 rings (SSSR count). The van der Waals surface area contributed by atoms with E-state index >= 15 is 0 Å². The number of nitrogen functional groups attached to an aromatic ring is 1. The Morgan fingerprint density at radius 2 is 2.21 bits per heavy atom. The van der Waals surface area contributed by atoms with Crippen molar-refractivity contribution in [1.82, 2.24) is 4.98 Å². The minimum atomic E-state index is -0.481. The molecule has 0 saturated heterocycles. The summed E-state index contributed by atoms with van der Waals surface area (Å²) in [5.74, 6) is -0.481. The molecule has 0 aliphatic carbocycles. The lowest BCUT2D eigenvalue weighted by Crippen LogP contribution is -2.16.